The van der Waals surface area contributed by atoms with Crippen LogP contribution in [0.25, 0.3) is 0 Å². The van der Waals surface area contributed by atoms with E-state index >= 15 is 0 Å². The van der Waals surface area contributed by atoms with Crippen molar-refractivity contribution in [2.45, 2.75) is 33.6 Å². The number of phenols is 1. The number of allylic oxidation sites excluding steroid dienone is 3. The second-order valence-corrected chi connectivity index (χ2v) is 5.28. The van der Waals surface area contributed by atoms with E-state index in [1.165, 1.54) is 31.7 Å². The van der Waals surface area contributed by atoms with Gasteiger partial charge in [-0.25, -0.2) is 0 Å². The van der Waals surface area contributed by atoms with Crippen LogP contribution in [0.5, 0.6) is 11.5 Å². The number of benzene rings is 1. The summed E-state index contributed by atoms with van der Waals surface area (Å²) in [5.74, 6) is 0.164. The van der Waals surface area contributed by atoms with Crippen molar-refractivity contribution in [3.05, 3.63) is 42.0 Å². The number of nitrogens with zero attached hydrogens (tertiary/aromatic N) is 1. The fourth-order valence-electron chi connectivity index (χ4n) is 2.25. The van der Waals surface area contributed by atoms with Crippen LogP contribution < -0.4 is 4.74 Å². The fourth-order valence-corrected chi connectivity index (χ4v) is 2.25. The van der Waals surface area contributed by atoms with Crippen LogP contribution in [0.2, 0.25) is 0 Å². The number of rotatable bonds is 8. The first-order valence-electron chi connectivity index (χ1n) is 7.69. The Labute approximate surface area is 138 Å². The largest absolute Gasteiger partial charge is 0.504 e. The molecule has 1 aromatic carbocycles. The Morgan fingerprint density at radius 2 is 2.17 bits per heavy atom. The van der Waals surface area contributed by atoms with Crippen LogP contribution in [0.3, 0.4) is 0 Å². The van der Waals surface area contributed by atoms with Crippen LogP contribution in [0.4, 0.5) is 5.69 Å². The van der Waals surface area contributed by atoms with E-state index in [0.29, 0.717) is 11.3 Å². The molecule has 0 fully saturated rings. The molecule has 0 saturated heterocycles. The number of methoxy groups -OCH3 is 1. The van der Waals surface area contributed by atoms with E-state index in [-0.39, 0.29) is 23.2 Å². The molecule has 0 bridgehead atoms. The van der Waals surface area contributed by atoms with Gasteiger partial charge in [0.1, 0.15) is 0 Å². The van der Waals surface area contributed by atoms with Crippen molar-refractivity contribution in [3.63, 3.8) is 0 Å². The molecule has 1 N–H and O–H groups in total. The van der Waals surface area contributed by atoms with Gasteiger partial charge in [0.2, 0.25) is 0 Å². The molecule has 4 heteroatoms. The van der Waals surface area contributed by atoms with E-state index in [1.54, 1.807) is 6.21 Å². The van der Waals surface area contributed by atoms with Crippen molar-refractivity contribution in [1.82, 2.24) is 0 Å². The van der Waals surface area contributed by atoms with Gasteiger partial charge in [0.15, 0.2) is 17.3 Å². The Balaban J connectivity index is 3.12. The third-order valence-electron chi connectivity index (χ3n) is 3.74. The minimum absolute atomic E-state index is 0.0393. The molecular weight excluding hydrogens is 290 g/mol. The third kappa shape index (κ3) is 5.09. The van der Waals surface area contributed by atoms with Gasteiger partial charge in [0, 0.05) is 23.8 Å². The van der Waals surface area contributed by atoms with Crippen molar-refractivity contribution in [3.8, 4) is 11.5 Å². The van der Waals surface area contributed by atoms with E-state index in [2.05, 4.69) is 24.6 Å². The topological polar surface area (TPSA) is 58.9 Å². The summed E-state index contributed by atoms with van der Waals surface area (Å²) in [5.41, 5.74) is 2.17. The van der Waals surface area contributed by atoms with Crippen molar-refractivity contribution in [1.29, 1.82) is 0 Å². The average Bonchev–Trinajstić information content (AvgIpc) is 2.55. The first-order valence-corrected chi connectivity index (χ1v) is 7.69. The molecule has 1 atom stereocenters. The van der Waals surface area contributed by atoms with E-state index in [4.69, 9.17) is 4.74 Å². The summed E-state index contributed by atoms with van der Waals surface area (Å²) in [6, 6.07) is 2.96. The zero-order valence-electron chi connectivity index (χ0n) is 14.3. The maximum atomic E-state index is 11.8. The highest BCUT2D eigenvalue weighted by Gasteiger charge is 2.13. The van der Waals surface area contributed by atoms with Gasteiger partial charge in [-0.1, -0.05) is 24.6 Å². The minimum Gasteiger partial charge on any atom is -0.504 e. The molecule has 1 unspecified atom stereocenters. The summed E-state index contributed by atoms with van der Waals surface area (Å²) in [7, 11) is 1.44. The summed E-state index contributed by atoms with van der Waals surface area (Å²) < 4.78 is 5.04. The summed E-state index contributed by atoms with van der Waals surface area (Å²) in [5, 5.41) is 9.90. The van der Waals surface area contributed by atoms with Crippen molar-refractivity contribution >= 4 is 17.7 Å². The Kier molecular flexibility index (Phi) is 7.26. The van der Waals surface area contributed by atoms with Crippen LogP contribution in [0.1, 0.15) is 44.0 Å². The van der Waals surface area contributed by atoms with E-state index in [1.807, 2.05) is 13.0 Å². The third-order valence-corrected chi connectivity index (χ3v) is 3.74. The number of carbonyl (C=O) groups excluding carboxylic acids is 1. The smallest absolute Gasteiger partial charge is 0.162 e. The molecule has 0 saturated carbocycles. The lowest BCUT2D eigenvalue weighted by Crippen LogP contribution is -2.00. The first-order chi connectivity index (χ1) is 11.0. The van der Waals surface area contributed by atoms with Crippen LogP contribution in [0.15, 0.2) is 41.4 Å². The number of carbonyl (C=O) groups is 1. The molecule has 1 rings (SSSR count). The summed E-state index contributed by atoms with van der Waals surface area (Å²) in [4.78, 5) is 16.2. The van der Waals surface area contributed by atoms with Gasteiger partial charge in [0.25, 0.3) is 0 Å². The molecule has 0 radical (unpaired) electrons. The highest BCUT2D eigenvalue weighted by atomic mass is 16.5. The molecule has 0 aliphatic rings. The lowest BCUT2D eigenvalue weighted by molar-refractivity contribution is 0.101. The predicted molar refractivity (Wildman–Crippen MR) is 95.2 cm³/mol. The van der Waals surface area contributed by atoms with Crippen LogP contribution in [-0.4, -0.2) is 24.2 Å². The van der Waals surface area contributed by atoms with Crippen molar-refractivity contribution in [2.24, 2.45) is 10.9 Å². The van der Waals surface area contributed by atoms with Gasteiger partial charge in [-0.05, 0) is 32.8 Å². The maximum Gasteiger partial charge on any atom is 0.162 e. The van der Waals surface area contributed by atoms with Crippen LogP contribution >= 0.6 is 0 Å². The van der Waals surface area contributed by atoms with Gasteiger partial charge >= 0.3 is 0 Å². The molecule has 0 spiro atoms. The van der Waals surface area contributed by atoms with Gasteiger partial charge in [-0.15, -0.1) is 6.58 Å². The van der Waals surface area contributed by atoms with E-state index < -0.39 is 0 Å². The van der Waals surface area contributed by atoms with Crippen LogP contribution in [0, 0.1) is 5.92 Å². The van der Waals surface area contributed by atoms with Gasteiger partial charge in [-0.2, -0.15) is 0 Å². The highest BCUT2D eigenvalue weighted by Crippen LogP contribution is 2.34. The first kappa shape index (κ1) is 18.7. The molecule has 4 nitrogen and oxygen atoms in total. The highest BCUT2D eigenvalue weighted by molar-refractivity contribution is 6.00. The quantitative estimate of drug-likeness (QED) is 0.423. The normalized spacial score (nSPS) is 13.1. The molecule has 0 aromatic heterocycles. The number of Topliss-reactive ketones (excluding diaryl/α,β-unsaturated/α-hetero) is 1. The SMILES string of the molecule is C=CC(C=Nc1cc(O)c(OC)cc1C(C)=O)C/C(=C\C)CC. The summed E-state index contributed by atoms with van der Waals surface area (Å²) >= 11 is 0. The number of hydrogen-bond acceptors (Lipinski definition) is 4. The van der Waals surface area contributed by atoms with Crippen molar-refractivity contribution in [2.75, 3.05) is 7.11 Å². The molecule has 0 amide bonds. The molecule has 1 aromatic rings. The predicted octanol–water partition coefficient (Wildman–Crippen LogP) is 4.85. The standard InChI is InChI=1S/C19H25NO3/c1-6-14(7-2)9-15(8-3)12-20-17-11-18(22)19(23-5)10-16(17)13(4)21/h6,8,10-12,15,22H,3,7,9H2,1-2,4-5H3/b14-6-,20-12?. The van der Waals surface area contributed by atoms with Gasteiger partial charge in [-0.3, -0.25) is 9.79 Å². The lowest BCUT2D eigenvalue weighted by atomic mass is 9.98. The molecule has 124 valence electrons. The number of phenolic OH excluding ortho intramolecular Hbond substituents is 1. The number of ketones is 1. The second kappa shape index (κ2) is 8.93. The van der Waals surface area contributed by atoms with Crippen LogP contribution in [-0.2, 0) is 0 Å². The number of ether oxygens (including phenoxy) is 1. The van der Waals surface area contributed by atoms with E-state index in [0.717, 1.165) is 12.8 Å². The zero-order valence-corrected chi connectivity index (χ0v) is 14.3. The molecule has 23 heavy (non-hydrogen) atoms. The monoisotopic (exact) mass is 315 g/mol. The number of aromatic hydroxyl groups is 1. The number of aliphatic imine (C=N–C) groups is 1. The number of hydrogen-bond donors (Lipinski definition) is 1. The average molecular weight is 315 g/mol. The summed E-state index contributed by atoms with van der Waals surface area (Å²) in [6.07, 6.45) is 7.53. The molecule has 0 aliphatic heterocycles. The Morgan fingerprint density at radius 1 is 1.48 bits per heavy atom. The molecule has 0 aliphatic carbocycles. The fraction of sp³-hybridized carbons (Fsp3) is 0.368. The Morgan fingerprint density at radius 3 is 2.65 bits per heavy atom. The van der Waals surface area contributed by atoms with E-state index in [9.17, 15) is 9.90 Å². The Hall–Kier alpha value is -2.36. The zero-order chi connectivity index (χ0) is 17.4. The maximum absolute atomic E-state index is 11.8. The molecular formula is C19H25NO3. The second-order valence-electron chi connectivity index (χ2n) is 5.28. The van der Waals surface area contributed by atoms with Gasteiger partial charge < -0.3 is 9.84 Å². The Bertz CT molecular complexity index is 630. The van der Waals surface area contributed by atoms with Crippen molar-refractivity contribution < 1.29 is 14.6 Å². The molecule has 0 heterocycles. The lowest BCUT2D eigenvalue weighted by Gasteiger charge is -2.11. The van der Waals surface area contributed by atoms with Gasteiger partial charge in [0.05, 0.1) is 12.8 Å². The minimum atomic E-state index is -0.131. The summed E-state index contributed by atoms with van der Waals surface area (Å²) in [6.45, 7) is 9.44.